The fraction of sp³-hybridized carbons (Fsp3) is 0.269. The third kappa shape index (κ3) is 6.16. The number of carbonyl (C=O) groups is 1. The number of hydrogen-bond acceptors (Lipinski definition) is 3. The van der Waals surface area contributed by atoms with Crippen molar-refractivity contribution >= 4 is 16.9 Å². The highest BCUT2D eigenvalue weighted by atomic mass is 32.2. The Morgan fingerprint density at radius 1 is 0.722 bits per heavy atom. The van der Waals surface area contributed by atoms with Crippen molar-refractivity contribution in [2.24, 2.45) is 0 Å². The summed E-state index contributed by atoms with van der Waals surface area (Å²) in [5.74, 6) is -9.62. The van der Waals surface area contributed by atoms with Gasteiger partial charge >= 0.3 is 5.97 Å². The average Bonchev–Trinajstić information content (AvgIpc) is 2.74. The van der Waals surface area contributed by atoms with Gasteiger partial charge in [-0.15, -0.1) is 0 Å². The van der Waals surface area contributed by atoms with Crippen LogP contribution in [-0.4, -0.2) is 18.2 Å². The zero-order chi connectivity index (χ0) is 26.9. The summed E-state index contributed by atoms with van der Waals surface area (Å²) in [4.78, 5) is 12.1. The van der Waals surface area contributed by atoms with E-state index in [1.54, 1.807) is 46.8 Å². The standard InChI is InChI=1S/C26H23F6O3S/c1-13-6-15(7-14(2)25(13)34-12-22(33)35-26(3,4)5)36(16-8-18(27)23(31)19(28)9-16)17-10-20(29)24(32)21(30)11-17/h6-11H,12H2,1-5H3/q+1. The summed E-state index contributed by atoms with van der Waals surface area (Å²) < 4.78 is 94.4. The van der Waals surface area contributed by atoms with Crippen LogP contribution in [0, 0.1) is 48.8 Å². The minimum absolute atomic E-state index is 0.127. The van der Waals surface area contributed by atoms with E-state index >= 15 is 0 Å². The number of benzene rings is 3. The molecule has 3 nitrogen and oxygen atoms in total. The van der Waals surface area contributed by atoms with E-state index in [1.807, 2.05) is 0 Å². The van der Waals surface area contributed by atoms with Gasteiger partial charge < -0.3 is 9.47 Å². The van der Waals surface area contributed by atoms with Crippen LogP contribution in [0.3, 0.4) is 0 Å². The summed E-state index contributed by atoms with van der Waals surface area (Å²) in [6, 6.07) is 5.96. The molecule has 0 heterocycles. The van der Waals surface area contributed by atoms with Crippen LogP contribution < -0.4 is 4.74 Å². The average molecular weight is 530 g/mol. The lowest BCUT2D eigenvalue weighted by atomic mass is 10.1. The summed E-state index contributed by atoms with van der Waals surface area (Å²) >= 11 is 0. The number of ether oxygens (including phenoxy) is 2. The summed E-state index contributed by atoms with van der Waals surface area (Å²) in [6.45, 7) is 8.02. The fourth-order valence-electron chi connectivity index (χ4n) is 3.47. The second kappa shape index (κ2) is 10.5. The second-order valence-electron chi connectivity index (χ2n) is 8.97. The molecular formula is C26H23F6O3S+. The maximum absolute atomic E-state index is 14.1. The van der Waals surface area contributed by atoms with E-state index in [-0.39, 0.29) is 16.4 Å². The highest BCUT2D eigenvalue weighted by molar-refractivity contribution is 7.97. The predicted octanol–water partition coefficient (Wildman–Crippen LogP) is 6.95. The van der Waals surface area contributed by atoms with E-state index in [1.165, 1.54) is 0 Å². The van der Waals surface area contributed by atoms with Gasteiger partial charge in [-0.25, -0.2) is 31.1 Å². The SMILES string of the molecule is Cc1cc([S+](c2cc(F)c(F)c(F)c2)c2cc(F)c(F)c(F)c2)cc(C)c1OCC(=O)OC(C)(C)C. The lowest BCUT2D eigenvalue weighted by Crippen LogP contribution is -2.27. The van der Waals surface area contributed by atoms with Crippen molar-refractivity contribution in [2.45, 2.75) is 54.9 Å². The van der Waals surface area contributed by atoms with Crippen LogP contribution in [0.1, 0.15) is 31.9 Å². The molecule has 0 aliphatic carbocycles. The molecule has 0 amide bonds. The van der Waals surface area contributed by atoms with Crippen molar-refractivity contribution in [3.63, 3.8) is 0 Å². The van der Waals surface area contributed by atoms with Crippen LogP contribution >= 0.6 is 0 Å². The van der Waals surface area contributed by atoms with Crippen LogP contribution in [0.4, 0.5) is 26.3 Å². The number of carbonyl (C=O) groups excluding carboxylic acids is 1. The van der Waals surface area contributed by atoms with Crippen molar-refractivity contribution in [3.8, 4) is 5.75 Å². The van der Waals surface area contributed by atoms with Crippen LogP contribution in [0.2, 0.25) is 0 Å². The normalized spacial score (nSPS) is 11.7. The van der Waals surface area contributed by atoms with Gasteiger partial charge in [0.2, 0.25) is 0 Å². The molecule has 0 aliphatic rings. The Labute approximate surface area is 207 Å². The van der Waals surface area contributed by atoms with E-state index in [9.17, 15) is 31.1 Å². The molecule has 10 heteroatoms. The van der Waals surface area contributed by atoms with E-state index in [0.29, 0.717) is 21.8 Å². The van der Waals surface area contributed by atoms with Crippen LogP contribution in [0.5, 0.6) is 5.75 Å². The highest BCUT2D eigenvalue weighted by Crippen LogP contribution is 2.37. The summed E-state index contributed by atoms with van der Waals surface area (Å²) in [6.07, 6.45) is 0. The summed E-state index contributed by atoms with van der Waals surface area (Å²) in [7, 11) is -1.57. The molecule has 0 aliphatic heterocycles. The molecule has 36 heavy (non-hydrogen) atoms. The Kier molecular flexibility index (Phi) is 7.97. The van der Waals surface area contributed by atoms with Gasteiger partial charge in [-0.2, -0.15) is 0 Å². The maximum Gasteiger partial charge on any atom is 0.344 e. The zero-order valence-electron chi connectivity index (χ0n) is 20.1. The number of aryl methyl sites for hydroxylation is 2. The number of hydrogen-bond donors (Lipinski definition) is 0. The second-order valence-corrected chi connectivity index (χ2v) is 11.0. The predicted molar refractivity (Wildman–Crippen MR) is 122 cm³/mol. The lowest BCUT2D eigenvalue weighted by Gasteiger charge is -2.20. The van der Waals surface area contributed by atoms with Crippen LogP contribution in [-0.2, 0) is 20.4 Å². The van der Waals surface area contributed by atoms with E-state index in [0.717, 1.165) is 24.3 Å². The topological polar surface area (TPSA) is 35.5 Å². The third-order valence-corrected chi connectivity index (χ3v) is 6.93. The molecule has 0 fully saturated rings. The molecule has 3 aromatic carbocycles. The molecule has 0 saturated carbocycles. The smallest absolute Gasteiger partial charge is 0.344 e. The minimum atomic E-state index is -1.70. The molecule has 0 spiro atoms. The third-order valence-electron chi connectivity index (χ3n) is 4.81. The Hall–Kier alpha value is -3.14. The summed E-state index contributed by atoms with van der Waals surface area (Å²) in [5, 5.41) is 0. The van der Waals surface area contributed by atoms with Gasteiger partial charge in [0.15, 0.2) is 56.2 Å². The van der Waals surface area contributed by atoms with Gasteiger partial charge in [0.25, 0.3) is 0 Å². The van der Waals surface area contributed by atoms with Crippen molar-refractivity contribution in [1.29, 1.82) is 0 Å². The molecular weight excluding hydrogens is 506 g/mol. The first-order valence-electron chi connectivity index (χ1n) is 10.7. The van der Waals surface area contributed by atoms with E-state index < -0.39 is 57.4 Å². The van der Waals surface area contributed by atoms with Crippen molar-refractivity contribution < 1.29 is 40.6 Å². The molecule has 0 N–H and O–H groups in total. The molecule has 0 saturated heterocycles. The number of halogens is 6. The minimum Gasteiger partial charge on any atom is -0.481 e. The molecule has 192 valence electrons. The zero-order valence-corrected chi connectivity index (χ0v) is 20.9. The van der Waals surface area contributed by atoms with Gasteiger partial charge in [0, 0.05) is 36.4 Å². The van der Waals surface area contributed by atoms with E-state index in [2.05, 4.69) is 0 Å². The van der Waals surface area contributed by atoms with Crippen LogP contribution in [0.15, 0.2) is 51.1 Å². The van der Waals surface area contributed by atoms with Gasteiger partial charge in [-0.05, 0) is 45.7 Å². The molecule has 3 rings (SSSR count). The lowest BCUT2D eigenvalue weighted by molar-refractivity contribution is -0.157. The van der Waals surface area contributed by atoms with Crippen molar-refractivity contribution in [1.82, 2.24) is 0 Å². The molecule has 0 radical (unpaired) electrons. The molecule has 0 unspecified atom stereocenters. The van der Waals surface area contributed by atoms with Crippen molar-refractivity contribution in [3.05, 3.63) is 82.4 Å². The van der Waals surface area contributed by atoms with Gasteiger partial charge in [0.05, 0.1) is 10.9 Å². The van der Waals surface area contributed by atoms with Crippen molar-refractivity contribution in [2.75, 3.05) is 6.61 Å². The first kappa shape index (κ1) is 27.4. The number of esters is 1. The molecule has 0 atom stereocenters. The maximum atomic E-state index is 14.1. The fourth-order valence-corrected chi connectivity index (χ4v) is 5.76. The number of rotatable bonds is 6. The van der Waals surface area contributed by atoms with Gasteiger partial charge in [-0.3, -0.25) is 0 Å². The Morgan fingerprint density at radius 3 is 1.44 bits per heavy atom. The highest BCUT2D eigenvalue weighted by Gasteiger charge is 2.34. The quantitative estimate of drug-likeness (QED) is 0.150. The molecule has 0 aromatic heterocycles. The molecule has 0 bridgehead atoms. The summed E-state index contributed by atoms with van der Waals surface area (Å²) in [5.41, 5.74) is 0.289. The monoisotopic (exact) mass is 529 g/mol. The Bertz CT molecular complexity index is 1190. The Balaban J connectivity index is 2.09. The van der Waals surface area contributed by atoms with Crippen LogP contribution in [0.25, 0.3) is 0 Å². The van der Waals surface area contributed by atoms with Gasteiger partial charge in [-0.1, -0.05) is 0 Å². The molecule has 3 aromatic rings. The first-order valence-corrected chi connectivity index (χ1v) is 11.9. The van der Waals surface area contributed by atoms with Gasteiger partial charge in [0.1, 0.15) is 11.4 Å². The first-order chi connectivity index (χ1) is 16.7. The Morgan fingerprint density at radius 2 is 1.08 bits per heavy atom. The van der Waals surface area contributed by atoms with E-state index in [4.69, 9.17) is 9.47 Å². The largest absolute Gasteiger partial charge is 0.481 e.